The molecule has 5 nitrogen and oxygen atoms in total. The molecule has 0 radical (unpaired) electrons. The summed E-state index contributed by atoms with van der Waals surface area (Å²) in [5.41, 5.74) is 0.285. The second kappa shape index (κ2) is 2.08. The Bertz CT molecular complexity index is 323. The van der Waals surface area contributed by atoms with Gasteiger partial charge in [-0.15, -0.1) is 0 Å². The van der Waals surface area contributed by atoms with E-state index >= 15 is 0 Å². The molecule has 0 aliphatic heterocycles. The lowest BCUT2D eigenvalue weighted by atomic mass is 10.3. The third-order valence-corrected chi connectivity index (χ3v) is 1.02. The maximum absolute atomic E-state index is 8.38. The predicted octanol–water partition coefficient (Wildman–Crippen LogP) is -0.660. The van der Waals surface area contributed by atoms with E-state index in [4.69, 9.17) is 16.4 Å². The second-order valence-corrected chi connectivity index (χ2v) is 1.58. The molecule has 2 N–H and O–H groups in total. The second-order valence-electron chi connectivity index (χ2n) is 1.58. The van der Waals surface area contributed by atoms with E-state index in [-0.39, 0.29) is 11.3 Å². The number of nitriles is 2. The van der Waals surface area contributed by atoms with E-state index in [1.54, 1.807) is 12.1 Å². The SMILES string of the molecule is N#Cc1cnn(N)c1C#N. The summed E-state index contributed by atoms with van der Waals surface area (Å²) in [7, 11) is 0. The van der Waals surface area contributed by atoms with E-state index in [1.807, 2.05) is 0 Å². The number of hydrogen-bond acceptors (Lipinski definition) is 4. The first kappa shape index (κ1) is 6.12. The van der Waals surface area contributed by atoms with Crippen molar-refractivity contribution in [1.29, 1.82) is 10.5 Å². The predicted molar refractivity (Wildman–Crippen MR) is 31.8 cm³/mol. The summed E-state index contributed by atoms with van der Waals surface area (Å²) in [6, 6.07) is 3.53. The number of nitrogen functional groups attached to an aromatic ring is 1. The Balaban J connectivity index is 3.34. The summed E-state index contributed by atoms with van der Waals surface area (Å²) < 4.78 is 0. The zero-order valence-electron chi connectivity index (χ0n) is 4.94. The molecule has 0 amide bonds. The fourth-order valence-corrected chi connectivity index (χ4v) is 0.555. The quantitative estimate of drug-likeness (QED) is 0.475. The lowest BCUT2D eigenvalue weighted by Crippen LogP contribution is -2.12. The van der Waals surface area contributed by atoms with Crippen molar-refractivity contribution in [1.82, 2.24) is 9.89 Å². The molecule has 0 bridgehead atoms. The van der Waals surface area contributed by atoms with Gasteiger partial charge in [0.25, 0.3) is 0 Å². The van der Waals surface area contributed by atoms with E-state index < -0.39 is 0 Å². The van der Waals surface area contributed by atoms with E-state index in [1.165, 1.54) is 6.20 Å². The molecular weight excluding hydrogens is 130 g/mol. The normalized spacial score (nSPS) is 8.20. The smallest absolute Gasteiger partial charge is 0.179 e. The third kappa shape index (κ3) is 0.664. The Labute approximate surface area is 56.9 Å². The van der Waals surface area contributed by atoms with Crippen LogP contribution in [0.2, 0.25) is 0 Å². The molecule has 1 heterocycles. The van der Waals surface area contributed by atoms with Gasteiger partial charge in [0.05, 0.1) is 6.20 Å². The van der Waals surface area contributed by atoms with Crippen LogP contribution in [0.15, 0.2) is 6.20 Å². The number of nitrogens with zero attached hydrogens (tertiary/aromatic N) is 4. The first-order valence-corrected chi connectivity index (χ1v) is 2.43. The number of aromatic nitrogens is 2. The van der Waals surface area contributed by atoms with Crippen LogP contribution < -0.4 is 5.84 Å². The lowest BCUT2D eigenvalue weighted by molar-refractivity contribution is 0.818. The Morgan fingerprint density at radius 1 is 1.50 bits per heavy atom. The van der Waals surface area contributed by atoms with Gasteiger partial charge >= 0.3 is 0 Å². The van der Waals surface area contributed by atoms with Crippen molar-refractivity contribution < 1.29 is 0 Å². The third-order valence-electron chi connectivity index (χ3n) is 1.02. The largest absolute Gasteiger partial charge is 0.322 e. The van der Waals surface area contributed by atoms with Crippen molar-refractivity contribution in [2.24, 2.45) is 0 Å². The van der Waals surface area contributed by atoms with Crippen LogP contribution in [0.5, 0.6) is 0 Å². The van der Waals surface area contributed by atoms with Gasteiger partial charge in [0.15, 0.2) is 5.69 Å². The molecule has 0 spiro atoms. The minimum Gasteiger partial charge on any atom is -0.322 e. The van der Waals surface area contributed by atoms with Crippen LogP contribution in [0.25, 0.3) is 0 Å². The fourth-order valence-electron chi connectivity index (χ4n) is 0.555. The van der Waals surface area contributed by atoms with Gasteiger partial charge < -0.3 is 5.84 Å². The average molecular weight is 133 g/mol. The Morgan fingerprint density at radius 3 is 2.60 bits per heavy atom. The molecular formula is C5H3N5. The van der Waals surface area contributed by atoms with Gasteiger partial charge in [-0.25, -0.2) is 0 Å². The summed E-state index contributed by atoms with van der Waals surface area (Å²) in [5.74, 6) is 5.16. The molecule has 1 aromatic rings. The van der Waals surface area contributed by atoms with Crippen LogP contribution in [-0.4, -0.2) is 9.89 Å². The van der Waals surface area contributed by atoms with Gasteiger partial charge in [0.1, 0.15) is 17.7 Å². The Morgan fingerprint density at radius 2 is 2.20 bits per heavy atom. The van der Waals surface area contributed by atoms with Crippen LogP contribution in [0, 0.1) is 22.7 Å². The van der Waals surface area contributed by atoms with E-state index in [9.17, 15) is 0 Å². The van der Waals surface area contributed by atoms with E-state index in [0.29, 0.717) is 0 Å². The molecule has 1 rings (SSSR count). The highest BCUT2D eigenvalue weighted by Crippen LogP contribution is 2.00. The van der Waals surface area contributed by atoms with Crippen molar-refractivity contribution in [2.45, 2.75) is 0 Å². The highest BCUT2D eigenvalue weighted by molar-refractivity contribution is 5.39. The summed E-state index contributed by atoms with van der Waals surface area (Å²) >= 11 is 0. The van der Waals surface area contributed by atoms with Gasteiger partial charge in [-0.2, -0.15) is 20.4 Å². The van der Waals surface area contributed by atoms with Crippen molar-refractivity contribution in [2.75, 3.05) is 5.84 Å². The number of nitrogens with two attached hydrogens (primary N) is 1. The molecule has 10 heavy (non-hydrogen) atoms. The van der Waals surface area contributed by atoms with Crippen LogP contribution in [0.1, 0.15) is 11.3 Å². The van der Waals surface area contributed by atoms with Crippen molar-refractivity contribution in [3.63, 3.8) is 0 Å². The number of hydrogen-bond donors (Lipinski definition) is 1. The zero-order valence-corrected chi connectivity index (χ0v) is 4.94. The monoisotopic (exact) mass is 133 g/mol. The zero-order chi connectivity index (χ0) is 7.56. The molecule has 0 aromatic carbocycles. The molecule has 0 aliphatic rings. The molecule has 0 saturated heterocycles. The molecule has 5 heteroatoms. The minimum atomic E-state index is 0.0856. The molecule has 1 aromatic heterocycles. The summed E-state index contributed by atoms with van der Waals surface area (Å²) in [6.07, 6.45) is 1.25. The van der Waals surface area contributed by atoms with Crippen molar-refractivity contribution >= 4 is 0 Å². The minimum absolute atomic E-state index is 0.0856. The van der Waals surface area contributed by atoms with E-state index in [0.717, 1.165) is 4.79 Å². The van der Waals surface area contributed by atoms with Crippen molar-refractivity contribution in [3.05, 3.63) is 17.5 Å². The van der Waals surface area contributed by atoms with Crippen LogP contribution in [0.3, 0.4) is 0 Å². The summed E-state index contributed by atoms with van der Waals surface area (Å²) in [4.78, 5) is 0.874. The standard InChI is InChI=1S/C5H3N5/c6-1-4-3-9-10(8)5(4)2-7/h3H,8H2. The van der Waals surface area contributed by atoms with Gasteiger partial charge in [-0.3, -0.25) is 0 Å². The van der Waals surface area contributed by atoms with E-state index in [2.05, 4.69) is 5.10 Å². The van der Waals surface area contributed by atoms with Gasteiger partial charge in [-0.05, 0) is 0 Å². The van der Waals surface area contributed by atoms with Crippen molar-refractivity contribution in [3.8, 4) is 12.1 Å². The molecule has 0 saturated carbocycles. The maximum atomic E-state index is 8.38. The molecule has 0 aliphatic carbocycles. The first-order valence-electron chi connectivity index (χ1n) is 2.43. The Hall–Kier alpha value is -2.01. The maximum Gasteiger partial charge on any atom is 0.179 e. The molecule has 0 unspecified atom stereocenters. The molecule has 48 valence electrons. The summed E-state index contributed by atoms with van der Waals surface area (Å²) in [6.45, 7) is 0. The van der Waals surface area contributed by atoms with Gasteiger partial charge in [-0.1, -0.05) is 0 Å². The number of rotatable bonds is 0. The van der Waals surface area contributed by atoms with Gasteiger partial charge in [0.2, 0.25) is 0 Å². The Kier molecular flexibility index (Phi) is 1.27. The first-order chi connectivity index (χ1) is 4.79. The highest BCUT2D eigenvalue weighted by atomic mass is 15.5. The van der Waals surface area contributed by atoms with Crippen LogP contribution >= 0.6 is 0 Å². The topological polar surface area (TPSA) is 91.4 Å². The fraction of sp³-hybridized carbons (Fsp3) is 0. The van der Waals surface area contributed by atoms with Crippen LogP contribution in [0.4, 0.5) is 0 Å². The highest BCUT2D eigenvalue weighted by Gasteiger charge is 2.05. The molecule has 0 fully saturated rings. The molecule has 0 atom stereocenters. The lowest BCUT2D eigenvalue weighted by Gasteiger charge is -1.86. The average Bonchev–Trinajstić information content (AvgIpc) is 2.30. The van der Waals surface area contributed by atoms with Crippen LogP contribution in [-0.2, 0) is 0 Å². The summed E-state index contributed by atoms with van der Waals surface area (Å²) in [5, 5.41) is 20.2. The van der Waals surface area contributed by atoms with Gasteiger partial charge in [0, 0.05) is 0 Å².